The zero-order valence-corrected chi connectivity index (χ0v) is 7.10. The van der Waals surface area contributed by atoms with E-state index >= 15 is 0 Å². The smallest absolute Gasteiger partial charge is 0.0874 e. The average molecular weight is 167 g/mol. The van der Waals surface area contributed by atoms with Crippen molar-refractivity contribution in [2.45, 2.75) is 25.0 Å². The van der Waals surface area contributed by atoms with E-state index in [4.69, 9.17) is 10.00 Å². The van der Waals surface area contributed by atoms with Gasteiger partial charge in [0, 0.05) is 18.9 Å². The number of nitrogens with zero attached hydrogens (tertiary/aromatic N) is 1. The van der Waals surface area contributed by atoms with Gasteiger partial charge in [-0.15, -0.1) is 0 Å². The van der Waals surface area contributed by atoms with Gasteiger partial charge < -0.3 is 9.84 Å². The zero-order chi connectivity index (χ0) is 8.72. The third-order valence-electron chi connectivity index (χ3n) is 3.37. The zero-order valence-electron chi connectivity index (χ0n) is 7.10. The molecule has 2 fully saturated rings. The molecule has 3 nitrogen and oxygen atoms in total. The second-order valence-electron chi connectivity index (χ2n) is 3.75. The quantitative estimate of drug-likeness (QED) is 0.620. The molecule has 0 aromatic rings. The fraction of sp³-hybridized carbons (Fsp3) is 0.889. The Bertz CT molecular complexity index is 223. The van der Waals surface area contributed by atoms with Crippen molar-refractivity contribution in [1.29, 1.82) is 5.26 Å². The first-order valence-corrected chi connectivity index (χ1v) is 4.40. The van der Waals surface area contributed by atoms with Crippen molar-refractivity contribution in [2.24, 2.45) is 17.8 Å². The molecule has 66 valence electrons. The monoisotopic (exact) mass is 167 g/mol. The lowest BCUT2D eigenvalue weighted by molar-refractivity contribution is -0.0426. The summed E-state index contributed by atoms with van der Waals surface area (Å²) in [6.45, 7) is 0. The van der Waals surface area contributed by atoms with Crippen LogP contribution in [0.15, 0.2) is 0 Å². The van der Waals surface area contributed by atoms with Crippen LogP contribution in [0.4, 0.5) is 0 Å². The largest absolute Gasteiger partial charge is 0.390 e. The summed E-state index contributed by atoms with van der Waals surface area (Å²) in [5.41, 5.74) is 0. The van der Waals surface area contributed by atoms with E-state index in [1.807, 2.05) is 0 Å². The molecule has 2 aliphatic rings. The predicted octanol–water partition coefficient (Wildman–Crippen LogP) is 0.542. The van der Waals surface area contributed by atoms with E-state index in [9.17, 15) is 5.11 Å². The first-order valence-electron chi connectivity index (χ1n) is 4.40. The molecule has 0 spiro atoms. The molecule has 0 aromatic heterocycles. The number of hydrogen-bond donors (Lipinski definition) is 1. The standard InChI is InChI=1S/C9H13NO2/c1-12-9-6-3-2-5(8(9)11)7(6)4-10/h5-9,11H,2-3H2,1H3. The summed E-state index contributed by atoms with van der Waals surface area (Å²) in [6.07, 6.45) is 1.54. The molecular weight excluding hydrogens is 154 g/mol. The van der Waals surface area contributed by atoms with Gasteiger partial charge in [-0.2, -0.15) is 5.26 Å². The number of aliphatic hydroxyl groups is 1. The van der Waals surface area contributed by atoms with Gasteiger partial charge in [0.05, 0.1) is 24.2 Å². The number of methoxy groups -OCH3 is 1. The molecule has 0 aromatic carbocycles. The summed E-state index contributed by atoms with van der Waals surface area (Å²) < 4.78 is 5.19. The Morgan fingerprint density at radius 3 is 2.50 bits per heavy atom. The summed E-state index contributed by atoms with van der Waals surface area (Å²) in [7, 11) is 1.61. The highest BCUT2D eigenvalue weighted by Crippen LogP contribution is 2.50. The maximum Gasteiger partial charge on any atom is 0.0874 e. The highest BCUT2D eigenvalue weighted by molar-refractivity contribution is 5.10. The predicted molar refractivity (Wildman–Crippen MR) is 42.1 cm³/mol. The molecule has 2 bridgehead atoms. The number of aliphatic hydroxyl groups excluding tert-OH is 1. The van der Waals surface area contributed by atoms with E-state index in [0.29, 0.717) is 0 Å². The van der Waals surface area contributed by atoms with Crippen molar-refractivity contribution in [1.82, 2.24) is 0 Å². The lowest BCUT2D eigenvalue weighted by atomic mass is 9.95. The fourth-order valence-electron chi connectivity index (χ4n) is 2.82. The lowest BCUT2D eigenvalue weighted by Crippen LogP contribution is -2.33. The Labute approximate surface area is 71.9 Å². The Hall–Kier alpha value is -0.590. The highest BCUT2D eigenvalue weighted by Gasteiger charge is 2.54. The van der Waals surface area contributed by atoms with Crippen LogP contribution in [0.3, 0.4) is 0 Å². The van der Waals surface area contributed by atoms with Crippen LogP contribution in [0.25, 0.3) is 0 Å². The highest BCUT2D eigenvalue weighted by atomic mass is 16.5. The van der Waals surface area contributed by atoms with Gasteiger partial charge in [0.25, 0.3) is 0 Å². The van der Waals surface area contributed by atoms with Gasteiger partial charge in [-0.1, -0.05) is 0 Å². The van der Waals surface area contributed by atoms with E-state index in [0.717, 1.165) is 12.8 Å². The number of fused-ring (bicyclic) bond motifs is 2. The normalized spacial score (nSPS) is 50.9. The van der Waals surface area contributed by atoms with E-state index in [2.05, 4.69) is 6.07 Å². The molecule has 0 aliphatic heterocycles. The van der Waals surface area contributed by atoms with Gasteiger partial charge in [-0.05, 0) is 12.8 Å². The van der Waals surface area contributed by atoms with Crippen LogP contribution in [0, 0.1) is 29.1 Å². The number of rotatable bonds is 1. The minimum atomic E-state index is -0.404. The van der Waals surface area contributed by atoms with Crippen molar-refractivity contribution < 1.29 is 9.84 Å². The molecular formula is C9H13NO2. The van der Waals surface area contributed by atoms with Crippen LogP contribution < -0.4 is 0 Å². The van der Waals surface area contributed by atoms with Gasteiger partial charge in [-0.3, -0.25) is 0 Å². The Balaban J connectivity index is 2.21. The van der Waals surface area contributed by atoms with Gasteiger partial charge >= 0.3 is 0 Å². The molecule has 0 amide bonds. The molecule has 0 saturated heterocycles. The molecule has 1 N–H and O–H groups in total. The Morgan fingerprint density at radius 2 is 2.08 bits per heavy atom. The molecule has 2 rings (SSSR count). The topological polar surface area (TPSA) is 53.2 Å². The second kappa shape index (κ2) is 2.72. The molecule has 5 unspecified atom stereocenters. The van der Waals surface area contributed by atoms with E-state index in [-0.39, 0.29) is 23.9 Å². The van der Waals surface area contributed by atoms with Crippen molar-refractivity contribution in [3.8, 4) is 6.07 Å². The van der Waals surface area contributed by atoms with E-state index in [1.165, 1.54) is 0 Å². The summed E-state index contributed by atoms with van der Waals surface area (Å²) in [6, 6.07) is 2.28. The van der Waals surface area contributed by atoms with Crippen LogP contribution >= 0.6 is 0 Å². The van der Waals surface area contributed by atoms with Gasteiger partial charge in [0.15, 0.2) is 0 Å². The summed E-state index contributed by atoms with van der Waals surface area (Å²) in [5.74, 6) is 0.481. The average Bonchev–Trinajstić information content (AvgIpc) is 2.58. The molecule has 12 heavy (non-hydrogen) atoms. The van der Waals surface area contributed by atoms with Crippen molar-refractivity contribution in [3.63, 3.8) is 0 Å². The maximum absolute atomic E-state index is 9.70. The molecule has 0 heterocycles. The van der Waals surface area contributed by atoms with Crippen molar-refractivity contribution in [2.75, 3.05) is 7.11 Å². The third kappa shape index (κ3) is 0.825. The molecule has 2 saturated carbocycles. The molecule has 2 aliphatic carbocycles. The summed E-state index contributed by atoms with van der Waals surface area (Å²) >= 11 is 0. The van der Waals surface area contributed by atoms with E-state index in [1.54, 1.807) is 7.11 Å². The second-order valence-corrected chi connectivity index (χ2v) is 3.75. The van der Waals surface area contributed by atoms with Crippen LogP contribution in [-0.4, -0.2) is 24.4 Å². The lowest BCUT2D eigenvalue weighted by Gasteiger charge is -2.24. The first-order chi connectivity index (χ1) is 5.79. The van der Waals surface area contributed by atoms with Gasteiger partial charge in [-0.25, -0.2) is 0 Å². The molecule has 3 heteroatoms. The van der Waals surface area contributed by atoms with Crippen LogP contribution in [0.5, 0.6) is 0 Å². The fourth-order valence-corrected chi connectivity index (χ4v) is 2.82. The van der Waals surface area contributed by atoms with Crippen molar-refractivity contribution in [3.05, 3.63) is 0 Å². The molecule has 0 radical (unpaired) electrons. The number of ether oxygens (including phenoxy) is 1. The SMILES string of the molecule is COC1C(O)C2CCC1C2C#N. The van der Waals surface area contributed by atoms with Crippen molar-refractivity contribution >= 4 is 0 Å². The minimum Gasteiger partial charge on any atom is -0.390 e. The third-order valence-corrected chi connectivity index (χ3v) is 3.37. The Kier molecular flexibility index (Phi) is 1.82. The van der Waals surface area contributed by atoms with Crippen LogP contribution in [-0.2, 0) is 4.74 Å². The van der Waals surface area contributed by atoms with Crippen LogP contribution in [0.2, 0.25) is 0 Å². The molecule has 5 atom stereocenters. The van der Waals surface area contributed by atoms with Gasteiger partial charge in [0.1, 0.15) is 0 Å². The number of hydrogen-bond acceptors (Lipinski definition) is 3. The van der Waals surface area contributed by atoms with E-state index < -0.39 is 6.10 Å². The Morgan fingerprint density at radius 1 is 1.42 bits per heavy atom. The first kappa shape index (κ1) is 8.03. The summed E-state index contributed by atoms with van der Waals surface area (Å²) in [4.78, 5) is 0. The minimum absolute atomic E-state index is 0.0324. The van der Waals surface area contributed by atoms with Crippen LogP contribution in [0.1, 0.15) is 12.8 Å². The maximum atomic E-state index is 9.70. The summed E-state index contributed by atoms with van der Waals surface area (Å²) in [5, 5.41) is 18.6. The van der Waals surface area contributed by atoms with Gasteiger partial charge in [0.2, 0.25) is 0 Å². The number of nitriles is 1.